The molecule has 3 unspecified atom stereocenters. The first kappa shape index (κ1) is 25.4. The van der Waals surface area contributed by atoms with Crippen LogP contribution in [0.2, 0.25) is 0 Å². The summed E-state index contributed by atoms with van der Waals surface area (Å²) in [4.78, 5) is 0. The fourth-order valence-corrected chi connectivity index (χ4v) is 5.73. The van der Waals surface area contributed by atoms with Crippen molar-refractivity contribution in [3.05, 3.63) is 29.8 Å². The average Bonchev–Trinajstić information content (AvgIpc) is 2.82. The van der Waals surface area contributed by atoms with Gasteiger partial charge in [0.05, 0.1) is 38.4 Å². The molecule has 178 valence electrons. The predicted molar refractivity (Wildman–Crippen MR) is 124 cm³/mol. The minimum absolute atomic E-state index is 0.109. The van der Waals surface area contributed by atoms with E-state index >= 15 is 0 Å². The zero-order valence-corrected chi connectivity index (χ0v) is 20.8. The number of ether oxygens (including phenoxy) is 3. The van der Waals surface area contributed by atoms with E-state index in [9.17, 15) is 5.26 Å². The molecule has 8 heteroatoms. The van der Waals surface area contributed by atoms with Crippen molar-refractivity contribution in [1.29, 1.82) is 5.26 Å². The smallest absolute Gasteiger partial charge is 0.259 e. The summed E-state index contributed by atoms with van der Waals surface area (Å²) < 4.78 is 31.9. The first-order valence-electron chi connectivity index (χ1n) is 11.6. The van der Waals surface area contributed by atoms with Gasteiger partial charge in [0.2, 0.25) is 0 Å². The van der Waals surface area contributed by atoms with Gasteiger partial charge in [0.25, 0.3) is 8.53 Å². The minimum atomic E-state index is -1.18. The van der Waals surface area contributed by atoms with Crippen LogP contribution in [0.5, 0.6) is 5.75 Å². The second-order valence-electron chi connectivity index (χ2n) is 8.90. The van der Waals surface area contributed by atoms with Crippen molar-refractivity contribution in [2.45, 2.75) is 65.8 Å². The molecule has 0 bridgehead atoms. The third-order valence-corrected chi connectivity index (χ3v) is 8.51. The maximum absolute atomic E-state index is 9.31. The van der Waals surface area contributed by atoms with Crippen LogP contribution < -0.4 is 4.74 Å². The highest BCUT2D eigenvalue weighted by molar-refractivity contribution is 7.44. The number of hydrogen-bond acceptors (Lipinski definition) is 7. The molecule has 0 N–H and O–H groups in total. The molecule has 7 nitrogen and oxygen atoms in total. The molecule has 2 heterocycles. The highest BCUT2D eigenvalue weighted by Crippen LogP contribution is 2.50. The van der Waals surface area contributed by atoms with E-state index in [0.717, 1.165) is 37.4 Å². The molecule has 1 aromatic rings. The Morgan fingerprint density at radius 3 is 2.38 bits per heavy atom. The quantitative estimate of drug-likeness (QED) is 0.356. The Balaban J connectivity index is 1.44. The lowest BCUT2D eigenvalue weighted by Crippen LogP contribution is -2.44. The summed E-state index contributed by atoms with van der Waals surface area (Å²) in [7, 11) is -1.18. The third-order valence-electron chi connectivity index (χ3n) is 6.54. The Kier molecular flexibility index (Phi) is 9.31. The monoisotopic (exact) mass is 464 g/mol. The number of nitriles is 1. The van der Waals surface area contributed by atoms with Gasteiger partial charge in [0, 0.05) is 23.1 Å². The molecular weight excluding hydrogens is 427 g/mol. The molecule has 2 saturated heterocycles. The molecule has 0 aromatic heterocycles. The number of benzene rings is 1. The van der Waals surface area contributed by atoms with E-state index in [1.54, 1.807) is 0 Å². The summed E-state index contributed by atoms with van der Waals surface area (Å²) in [6.07, 6.45) is 1.81. The predicted octanol–water partition coefficient (Wildman–Crippen LogP) is 5.43. The van der Waals surface area contributed by atoms with Crippen LogP contribution in [0, 0.1) is 22.7 Å². The van der Waals surface area contributed by atoms with Crippen LogP contribution in [0.4, 0.5) is 0 Å². The minimum Gasteiger partial charge on any atom is -0.491 e. The summed E-state index contributed by atoms with van der Waals surface area (Å²) in [5.74, 6) is 0.646. The van der Waals surface area contributed by atoms with Gasteiger partial charge in [-0.3, -0.25) is 0 Å². The standard InChI is InChI=1S/C24H37N2O5P/c1-6-24(7-2)16-28-23(29-17-24)20-8-10-22(11-9-20)27-12-13-30-32-26(18(3)4)19(5)21(14-25)15-31-32/h8-11,18-19,21,23H,6-7,12-13,15-17H2,1-5H3. The van der Waals surface area contributed by atoms with Crippen molar-refractivity contribution in [1.82, 2.24) is 4.67 Å². The Labute approximate surface area is 193 Å². The second-order valence-corrected chi connectivity index (χ2v) is 10.3. The third kappa shape index (κ3) is 5.99. The maximum atomic E-state index is 9.31. The SMILES string of the molecule is CCC1(CC)COC(c2ccc(OCCOP3OCC(C#N)C(C)N3C(C)C)cc2)OC1. The van der Waals surface area contributed by atoms with Gasteiger partial charge in [-0.25, -0.2) is 4.67 Å². The first-order chi connectivity index (χ1) is 15.4. The molecule has 32 heavy (non-hydrogen) atoms. The summed E-state index contributed by atoms with van der Waals surface area (Å²) in [5, 5.41) is 9.31. The summed E-state index contributed by atoms with van der Waals surface area (Å²) >= 11 is 0. The van der Waals surface area contributed by atoms with Crippen molar-refractivity contribution >= 4 is 8.53 Å². The molecule has 1 aromatic carbocycles. The molecule has 2 aliphatic heterocycles. The van der Waals surface area contributed by atoms with Gasteiger partial charge < -0.3 is 23.3 Å². The van der Waals surface area contributed by atoms with E-state index in [0.29, 0.717) is 19.8 Å². The number of hydrogen-bond donors (Lipinski definition) is 0. The van der Waals surface area contributed by atoms with E-state index in [4.69, 9.17) is 23.3 Å². The fraction of sp³-hybridized carbons (Fsp3) is 0.708. The molecule has 0 saturated carbocycles. The molecule has 3 atom stereocenters. The van der Waals surface area contributed by atoms with E-state index in [-0.39, 0.29) is 29.7 Å². The fourth-order valence-electron chi connectivity index (χ4n) is 4.03. The van der Waals surface area contributed by atoms with Crippen molar-refractivity contribution in [3.63, 3.8) is 0 Å². The summed E-state index contributed by atoms with van der Waals surface area (Å²) in [5.41, 5.74) is 1.14. The molecule has 0 amide bonds. The first-order valence-corrected chi connectivity index (χ1v) is 12.8. The largest absolute Gasteiger partial charge is 0.491 e. The molecule has 3 rings (SSSR count). The van der Waals surface area contributed by atoms with Gasteiger partial charge >= 0.3 is 0 Å². The van der Waals surface area contributed by atoms with Crippen LogP contribution in [0.1, 0.15) is 59.3 Å². The maximum Gasteiger partial charge on any atom is 0.259 e. The van der Waals surface area contributed by atoms with Crippen LogP contribution in [-0.4, -0.2) is 49.8 Å². The molecule has 0 radical (unpaired) electrons. The van der Waals surface area contributed by atoms with Crippen LogP contribution >= 0.6 is 8.53 Å². The van der Waals surface area contributed by atoms with Crippen molar-refractivity contribution in [3.8, 4) is 11.8 Å². The Morgan fingerprint density at radius 1 is 1.16 bits per heavy atom. The van der Waals surface area contributed by atoms with Gasteiger partial charge in [0.15, 0.2) is 6.29 Å². The van der Waals surface area contributed by atoms with Crippen molar-refractivity contribution in [2.75, 3.05) is 33.0 Å². The molecule has 2 fully saturated rings. The van der Waals surface area contributed by atoms with Gasteiger partial charge in [-0.1, -0.05) is 26.0 Å². The number of nitrogens with zero attached hydrogens (tertiary/aromatic N) is 2. The molecular formula is C24H37N2O5P. The highest BCUT2D eigenvalue weighted by Gasteiger charge is 2.39. The molecule has 0 aliphatic carbocycles. The molecule has 2 aliphatic rings. The average molecular weight is 465 g/mol. The van der Waals surface area contributed by atoms with Crippen LogP contribution in [0.25, 0.3) is 0 Å². The van der Waals surface area contributed by atoms with E-state index in [2.05, 4.69) is 45.4 Å². The zero-order valence-electron chi connectivity index (χ0n) is 20.0. The lowest BCUT2D eigenvalue weighted by Gasteiger charge is -2.42. The van der Waals surface area contributed by atoms with Gasteiger partial charge in [0.1, 0.15) is 12.4 Å². The lowest BCUT2D eigenvalue weighted by atomic mass is 9.83. The van der Waals surface area contributed by atoms with E-state index < -0.39 is 8.53 Å². The lowest BCUT2D eigenvalue weighted by molar-refractivity contribution is -0.235. The Bertz CT molecular complexity index is 740. The van der Waals surface area contributed by atoms with Gasteiger partial charge in [-0.05, 0) is 45.7 Å². The van der Waals surface area contributed by atoms with E-state index in [1.807, 2.05) is 24.3 Å². The summed E-state index contributed by atoms with van der Waals surface area (Å²) in [6, 6.07) is 10.5. The van der Waals surface area contributed by atoms with Crippen LogP contribution in [0.3, 0.4) is 0 Å². The normalized spacial score (nSPS) is 26.7. The van der Waals surface area contributed by atoms with Crippen molar-refractivity contribution in [2.24, 2.45) is 11.3 Å². The topological polar surface area (TPSA) is 73.2 Å². The summed E-state index contributed by atoms with van der Waals surface area (Å²) in [6.45, 7) is 13.4. The second kappa shape index (κ2) is 11.7. The Hall–Kier alpha value is -1.26. The van der Waals surface area contributed by atoms with Crippen molar-refractivity contribution < 1.29 is 23.3 Å². The molecule has 0 spiro atoms. The van der Waals surface area contributed by atoms with E-state index in [1.165, 1.54) is 0 Å². The highest BCUT2D eigenvalue weighted by atomic mass is 31.2. The Morgan fingerprint density at radius 2 is 1.81 bits per heavy atom. The van der Waals surface area contributed by atoms with Crippen LogP contribution in [-0.2, 0) is 18.5 Å². The zero-order chi connectivity index (χ0) is 23.1. The van der Waals surface area contributed by atoms with Gasteiger partial charge in [-0.2, -0.15) is 5.26 Å². The van der Waals surface area contributed by atoms with Crippen LogP contribution in [0.15, 0.2) is 24.3 Å². The number of rotatable bonds is 9. The van der Waals surface area contributed by atoms with Gasteiger partial charge in [-0.15, -0.1) is 0 Å².